The number of rotatable bonds is 3. The smallest absolute Gasteiger partial charge is 0.105 e. The van der Waals surface area contributed by atoms with Gasteiger partial charge in [0.1, 0.15) is 5.60 Å². The fraction of sp³-hybridized carbons (Fsp3) is 0.611. The van der Waals surface area contributed by atoms with E-state index in [2.05, 4.69) is 19.9 Å². The van der Waals surface area contributed by atoms with Crippen LogP contribution < -0.4 is 0 Å². The Morgan fingerprint density at radius 3 is 2.48 bits per heavy atom. The molecule has 1 fully saturated rings. The van der Waals surface area contributed by atoms with E-state index in [1.807, 2.05) is 12.1 Å². The topological polar surface area (TPSA) is 44.0 Å². The maximum atomic E-state index is 11.1. The minimum absolute atomic E-state index is 0.594. The summed E-state index contributed by atoms with van der Waals surface area (Å²) in [6.07, 6.45) is 3.49. The summed E-state index contributed by atoms with van der Waals surface area (Å²) in [5, 5.41) is 21.5. The summed E-state index contributed by atoms with van der Waals surface area (Å²) in [6.45, 7) is 6.23. The van der Waals surface area contributed by atoms with Crippen molar-refractivity contribution >= 4 is 11.6 Å². The number of hydrogen-bond donors (Lipinski definition) is 1. The van der Waals surface area contributed by atoms with Gasteiger partial charge >= 0.3 is 0 Å². The molecule has 0 saturated heterocycles. The van der Waals surface area contributed by atoms with Crippen molar-refractivity contribution in [3.8, 4) is 6.07 Å². The Morgan fingerprint density at radius 2 is 2.00 bits per heavy atom. The Morgan fingerprint density at radius 1 is 1.38 bits per heavy atom. The third-order valence-electron chi connectivity index (χ3n) is 5.36. The molecule has 1 N–H and O–H groups in total. The van der Waals surface area contributed by atoms with Gasteiger partial charge in [-0.15, -0.1) is 0 Å². The molecule has 114 valence electrons. The molecule has 1 aliphatic rings. The molecule has 0 radical (unpaired) electrons. The van der Waals surface area contributed by atoms with Gasteiger partial charge in [-0.3, -0.25) is 0 Å². The predicted octanol–water partition coefficient (Wildman–Crippen LogP) is 4.90. The van der Waals surface area contributed by atoms with Gasteiger partial charge in [0, 0.05) is 5.02 Å². The van der Waals surface area contributed by atoms with E-state index in [0.717, 1.165) is 31.2 Å². The molecular formula is C18H24ClNO. The molecule has 0 spiro atoms. The average Bonchev–Trinajstić information content (AvgIpc) is 2.47. The van der Waals surface area contributed by atoms with Crippen molar-refractivity contribution < 1.29 is 5.11 Å². The van der Waals surface area contributed by atoms with E-state index in [1.165, 1.54) is 0 Å². The average molecular weight is 306 g/mol. The molecule has 0 bridgehead atoms. The highest BCUT2D eigenvalue weighted by molar-refractivity contribution is 6.30. The lowest BCUT2D eigenvalue weighted by molar-refractivity contribution is -0.0721. The fourth-order valence-electron chi connectivity index (χ4n) is 3.57. The maximum absolute atomic E-state index is 11.1. The number of halogens is 1. The quantitative estimate of drug-likeness (QED) is 0.862. The Kier molecular flexibility index (Phi) is 4.66. The van der Waals surface area contributed by atoms with Crippen LogP contribution in [0, 0.1) is 28.6 Å². The number of benzene rings is 1. The van der Waals surface area contributed by atoms with Gasteiger partial charge < -0.3 is 5.11 Å². The Bertz CT molecular complexity index is 536. The summed E-state index contributed by atoms with van der Waals surface area (Å²) in [5.74, 6) is 1.29. The van der Waals surface area contributed by atoms with Crippen LogP contribution in [0.2, 0.25) is 5.02 Å². The van der Waals surface area contributed by atoms with Crippen molar-refractivity contribution in [1.29, 1.82) is 5.26 Å². The lowest BCUT2D eigenvalue weighted by Crippen LogP contribution is -2.45. The molecule has 2 nitrogen and oxygen atoms in total. The van der Waals surface area contributed by atoms with Gasteiger partial charge in [-0.25, -0.2) is 0 Å². The lowest BCUT2D eigenvalue weighted by atomic mass is 9.59. The van der Waals surface area contributed by atoms with E-state index in [4.69, 9.17) is 11.6 Å². The van der Waals surface area contributed by atoms with Gasteiger partial charge in [0.2, 0.25) is 0 Å². The monoisotopic (exact) mass is 305 g/mol. The SMILES string of the molecule is CC(C)C1CCC(C#N)(C(C)(O)c2cccc(Cl)c2)CC1. The number of hydrogen-bond acceptors (Lipinski definition) is 2. The summed E-state index contributed by atoms with van der Waals surface area (Å²) in [6, 6.07) is 9.69. The van der Waals surface area contributed by atoms with Crippen molar-refractivity contribution in [3.63, 3.8) is 0 Å². The zero-order valence-electron chi connectivity index (χ0n) is 13.1. The van der Waals surface area contributed by atoms with Gasteiger partial charge in [-0.2, -0.15) is 5.26 Å². The third-order valence-corrected chi connectivity index (χ3v) is 5.59. The summed E-state index contributed by atoms with van der Waals surface area (Å²) >= 11 is 6.05. The zero-order valence-corrected chi connectivity index (χ0v) is 13.8. The molecule has 1 unspecified atom stereocenters. The van der Waals surface area contributed by atoms with Crippen molar-refractivity contribution in [2.45, 2.75) is 52.1 Å². The highest BCUT2D eigenvalue weighted by Crippen LogP contribution is 2.51. The van der Waals surface area contributed by atoms with Gasteiger partial charge in [-0.1, -0.05) is 37.6 Å². The van der Waals surface area contributed by atoms with Crippen molar-refractivity contribution in [1.82, 2.24) is 0 Å². The second kappa shape index (κ2) is 5.99. The summed E-state index contributed by atoms with van der Waals surface area (Å²) in [4.78, 5) is 0. The van der Waals surface area contributed by atoms with Crippen LogP contribution in [0.1, 0.15) is 52.0 Å². The van der Waals surface area contributed by atoms with Gasteiger partial charge in [0.25, 0.3) is 0 Å². The molecule has 1 atom stereocenters. The molecule has 1 aliphatic carbocycles. The third kappa shape index (κ3) is 2.96. The normalized spacial score (nSPS) is 28.9. The lowest BCUT2D eigenvalue weighted by Gasteiger charge is -2.45. The predicted molar refractivity (Wildman–Crippen MR) is 85.9 cm³/mol. The van der Waals surface area contributed by atoms with Crippen LogP contribution in [-0.2, 0) is 5.60 Å². The van der Waals surface area contributed by atoms with Gasteiger partial charge in [0.15, 0.2) is 0 Å². The Balaban J connectivity index is 2.31. The fourth-order valence-corrected chi connectivity index (χ4v) is 3.76. The molecule has 3 heteroatoms. The van der Waals surface area contributed by atoms with Crippen molar-refractivity contribution in [2.24, 2.45) is 17.3 Å². The minimum atomic E-state index is -1.17. The van der Waals surface area contributed by atoms with E-state index < -0.39 is 11.0 Å². The number of aliphatic hydroxyl groups is 1. The first-order chi connectivity index (χ1) is 9.82. The number of nitriles is 1. The minimum Gasteiger partial charge on any atom is -0.384 e. The molecule has 0 amide bonds. The first-order valence-electron chi connectivity index (χ1n) is 7.72. The first kappa shape index (κ1) is 16.3. The van der Waals surface area contributed by atoms with Crippen LogP contribution in [0.3, 0.4) is 0 Å². The maximum Gasteiger partial charge on any atom is 0.105 e. The highest BCUT2D eigenvalue weighted by atomic mass is 35.5. The number of nitrogens with zero attached hydrogens (tertiary/aromatic N) is 1. The molecule has 0 aromatic heterocycles. The molecule has 1 aromatic carbocycles. The zero-order chi connectivity index (χ0) is 15.7. The van der Waals surface area contributed by atoms with Gasteiger partial charge in [0.05, 0.1) is 11.5 Å². The molecule has 2 rings (SSSR count). The van der Waals surface area contributed by atoms with E-state index in [1.54, 1.807) is 19.1 Å². The van der Waals surface area contributed by atoms with Crippen LogP contribution in [0.25, 0.3) is 0 Å². The largest absolute Gasteiger partial charge is 0.384 e. The standard InChI is InChI=1S/C18H24ClNO/c1-13(2)14-7-9-18(12-20,10-8-14)17(3,21)15-5-4-6-16(19)11-15/h4-6,11,13-14,21H,7-10H2,1-3H3. The van der Waals surface area contributed by atoms with E-state index >= 15 is 0 Å². The molecule has 0 aliphatic heterocycles. The molecule has 1 saturated carbocycles. The summed E-state index contributed by atoms with van der Waals surface area (Å²) in [5.41, 5.74) is -1.16. The van der Waals surface area contributed by atoms with Crippen LogP contribution in [0.4, 0.5) is 0 Å². The summed E-state index contributed by atoms with van der Waals surface area (Å²) < 4.78 is 0. The van der Waals surface area contributed by atoms with Crippen LogP contribution >= 0.6 is 11.6 Å². The van der Waals surface area contributed by atoms with Crippen molar-refractivity contribution in [3.05, 3.63) is 34.9 Å². The first-order valence-corrected chi connectivity index (χ1v) is 8.10. The van der Waals surface area contributed by atoms with E-state index in [-0.39, 0.29) is 0 Å². The molecule has 1 aromatic rings. The Hall–Kier alpha value is -1.04. The molecule has 21 heavy (non-hydrogen) atoms. The Labute approximate surface area is 132 Å². The van der Waals surface area contributed by atoms with Crippen LogP contribution in [0.15, 0.2) is 24.3 Å². The van der Waals surface area contributed by atoms with Crippen LogP contribution in [0.5, 0.6) is 0 Å². The van der Waals surface area contributed by atoms with Gasteiger partial charge in [-0.05, 0) is 62.1 Å². The van der Waals surface area contributed by atoms with E-state index in [0.29, 0.717) is 16.9 Å². The molecule has 0 heterocycles. The van der Waals surface area contributed by atoms with Crippen molar-refractivity contribution in [2.75, 3.05) is 0 Å². The second-order valence-corrected chi connectivity index (χ2v) is 7.29. The van der Waals surface area contributed by atoms with E-state index in [9.17, 15) is 10.4 Å². The highest BCUT2D eigenvalue weighted by Gasteiger charge is 2.50. The molecular weight excluding hydrogens is 282 g/mol. The summed E-state index contributed by atoms with van der Waals surface area (Å²) in [7, 11) is 0. The van der Waals surface area contributed by atoms with Crippen LogP contribution in [-0.4, -0.2) is 5.11 Å². The second-order valence-electron chi connectivity index (χ2n) is 6.86.